The van der Waals surface area contributed by atoms with Crippen molar-refractivity contribution in [2.75, 3.05) is 11.9 Å². The number of aromatic hydroxyl groups is 2. The van der Waals surface area contributed by atoms with Crippen molar-refractivity contribution in [2.24, 2.45) is 0 Å². The van der Waals surface area contributed by atoms with Crippen LogP contribution in [0.3, 0.4) is 0 Å². The molecule has 0 spiro atoms. The van der Waals surface area contributed by atoms with Crippen LogP contribution in [0.2, 0.25) is 0 Å². The van der Waals surface area contributed by atoms with Crippen LogP contribution in [0.5, 0.6) is 11.5 Å². The molecule has 1 aliphatic rings. The van der Waals surface area contributed by atoms with Crippen LogP contribution in [0.1, 0.15) is 11.1 Å². The Kier molecular flexibility index (Phi) is 4.18. The van der Waals surface area contributed by atoms with Crippen molar-refractivity contribution in [3.8, 4) is 11.5 Å². The Morgan fingerprint density at radius 2 is 1.71 bits per heavy atom. The van der Waals surface area contributed by atoms with E-state index < -0.39 is 0 Å². The van der Waals surface area contributed by atoms with Gasteiger partial charge in [-0.15, -0.1) is 0 Å². The monoisotopic (exact) mass is 388 g/mol. The van der Waals surface area contributed by atoms with Gasteiger partial charge in [-0.1, -0.05) is 0 Å². The Morgan fingerprint density at radius 1 is 1.04 bits per heavy atom. The second kappa shape index (κ2) is 6.15. The molecular weight excluding hydrogens is 371 g/mol. The Labute approximate surface area is 147 Å². The molecule has 0 unspecified atom stereocenters. The topological polar surface area (TPSA) is 64.0 Å². The normalized spacial score (nSPS) is 16.3. The van der Waals surface area contributed by atoms with Crippen molar-refractivity contribution in [2.45, 2.75) is 6.92 Å². The van der Waals surface area contributed by atoms with Crippen LogP contribution in [0, 0.1) is 6.92 Å². The third-order valence-electron chi connectivity index (χ3n) is 3.86. The number of likely N-dealkylation sites (N-methyl/N-ethyl adjacent to an activating group) is 1. The number of carbonyl (C=O) groups excluding carboxylic acids is 1. The van der Waals surface area contributed by atoms with Crippen molar-refractivity contribution >= 4 is 37.9 Å². The van der Waals surface area contributed by atoms with Crippen LogP contribution in [0.4, 0.5) is 5.69 Å². The molecule has 5 nitrogen and oxygen atoms in total. The summed E-state index contributed by atoms with van der Waals surface area (Å²) in [5.41, 5.74) is 2.99. The SMILES string of the molecule is Cc1ccc(N2C(=O)C(=Cc3ccc(O)c(O)c3)N(C)C2=[Se])cc1. The molecule has 1 amide bonds. The first-order valence-corrected chi connectivity index (χ1v) is 8.16. The summed E-state index contributed by atoms with van der Waals surface area (Å²) in [7, 11) is 1.80. The molecule has 6 heteroatoms. The first-order valence-electron chi connectivity index (χ1n) is 7.31. The van der Waals surface area contributed by atoms with E-state index in [9.17, 15) is 15.0 Å². The third kappa shape index (κ3) is 2.82. The predicted octanol–water partition coefficient (Wildman–Crippen LogP) is 1.98. The summed E-state index contributed by atoms with van der Waals surface area (Å²) in [6, 6.07) is 12.1. The van der Waals surface area contributed by atoms with Crippen molar-refractivity contribution < 1.29 is 15.0 Å². The summed E-state index contributed by atoms with van der Waals surface area (Å²) in [5.74, 6) is -0.580. The van der Waals surface area contributed by atoms with Gasteiger partial charge in [-0.25, -0.2) is 0 Å². The summed E-state index contributed by atoms with van der Waals surface area (Å²) in [4.78, 5) is 16.2. The van der Waals surface area contributed by atoms with Gasteiger partial charge in [0.05, 0.1) is 0 Å². The summed E-state index contributed by atoms with van der Waals surface area (Å²) in [6.07, 6.45) is 1.67. The van der Waals surface area contributed by atoms with E-state index >= 15 is 0 Å². The quantitative estimate of drug-likeness (QED) is 0.470. The van der Waals surface area contributed by atoms with Crippen LogP contribution in [-0.4, -0.2) is 48.3 Å². The molecule has 3 rings (SSSR count). The number of phenolic OH excluding ortho intramolecular Hbond substituents is 2. The molecule has 0 saturated carbocycles. The minimum atomic E-state index is -0.222. The maximum absolute atomic E-state index is 12.8. The summed E-state index contributed by atoms with van der Waals surface area (Å²) < 4.78 is 0.679. The fourth-order valence-electron chi connectivity index (χ4n) is 2.47. The second-order valence-corrected chi connectivity index (χ2v) is 6.36. The van der Waals surface area contributed by atoms with Gasteiger partial charge in [0.1, 0.15) is 0 Å². The van der Waals surface area contributed by atoms with Crippen molar-refractivity contribution in [1.29, 1.82) is 0 Å². The summed E-state index contributed by atoms with van der Waals surface area (Å²) in [5, 5.41) is 19.0. The van der Waals surface area contributed by atoms with Gasteiger partial charge in [-0.3, -0.25) is 0 Å². The summed E-state index contributed by atoms with van der Waals surface area (Å²) >= 11 is 2.94. The van der Waals surface area contributed by atoms with E-state index in [4.69, 9.17) is 0 Å². The first kappa shape index (κ1) is 16.3. The van der Waals surface area contributed by atoms with Crippen LogP contribution in [0.25, 0.3) is 6.08 Å². The number of rotatable bonds is 2. The fraction of sp³-hybridized carbons (Fsp3) is 0.111. The molecule has 122 valence electrons. The predicted molar refractivity (Wildman–Crippen MR) is 94.9 cm³/mol. The van der Waals surface area contributed by atoms with E-state index in [2.05, 4.69) is 15.6 Å². The Hall–Kier alpha value is -2.56. The molecule has 1 saturated heterocycles. The van der Waals surface area contributed by atoms with Crippen LogP contribution in [-0.2, 0) is 4.79 Å². The molecule has 2 N–H and O–H groups in total. The number of benzene rings is 2. The molecule has 0 aromatic heterocycles. The number of aryl methyl sites for hydroxylation is 1. The Bertz CT molecular complexity index is 859. The van der Waals surface area contributed by atoms with Crippen molar-refractivity contribution in [3.63, 3.8) is 0 Å². The van der Waals surface area contributed by atoms with Gasteiger partial charge in [-0.2, -0.15) is 0 Å². The van der Waals surface area contributed by atoms with Gasteiger partial charge < -0.3 is 0 Å². The number of phenols is 2. The molecule has 2 aromatic rings. The van der Waals surface area contributed by atoms with Gasteiger partial charge in [0.25, 0.3) is 0 Å². The molecule has 0 aliphatic carbocycles. The first-order chi connectivity index (χ1) is 11.4. The number of anilines is 1. The molecule has 24 heavy (non-hydrogen) atoms. The zero-order chi connectivity index (χ0) is 17.4. The van der Waals surface area contributed by atoms with Crippen LogP contribution < -0.4 is 4.90 Å². The zero-order valence-corrected chi connectivity index (χ0v) is 14.9. The molecule has 0 atom stereocenters. The number of amides is 1. The van der Waals surface area contributed by atoms with Crippen molar-refractivity contribution in [1.82, 2.24) is 4.90 Å². The van der Waals surface area contributed by atoms with E-state index in [1.54, 1.807) is 29.0 Å². The van der Waals surface area contributed by atoms with E-state index in [-0.39, 0.29) is 17.4 Å². The van der Waals surface area contributed by atoms with Crippen molar-refractivity contribution in [3.05, 3.63) is 59.3 Å². The fourth-order valence-corrected chi connectivity index (χ4v) is 3.07. The van der Waals surface area contributed by atoms with Gasteiger partial charge >= 0.3 is 147 Å². The zero-order valence-electron chi connectivity index (χ0n) is 13.2. The van der Waals surface area contributed by atoms with Crippen LogP contribution >= 0.6 is 0 Å². The maximum atomic E-state index is 12.8. The molecule has 0 bridgehead atoms. The summed E-state index contributed by atoms with van der Waals surface area (Å²) in [6.45, 7) is 1.99. The van der Waals surface area contributed by atoms with E-state index in [1.807, 2.05) is 31.2 Å². The van der Waals surface area contributed by atoms with E-state index in [0.29, 0.717) is 15.9 Å². The van der Waals surface area contributed by atoms with Gasteiger partial charge in [-0.05, 0) is 0 Å². The molecule has 1 fully saturated rings. The molecule has 1 aliphatic heterocycles. The van der Waals surface area contributed by atoms with Gasteiger partial charge in [0, 0.05) is 0 Å². The molecule has 1 heterocycles. The number of carbonyl (C=O) groups is 1. The van der Waals surface area contributed by atoms with E-state index in [0.717, 1.165) is 11.3 Å². The molecular formula is C18H16N2O3Se. The average Bonchev–Trinajstić information content (AvgIpc) is 2.76. The Morgan fingerprint density at radius 3 is 2.33 bits per heavy atom. The van der Waals surface area contributed by atoms with Gasteiger partial charge in [0.15, 0.2) is 0 Å². The molecule has 2 aromatic carbocycles. The third-order valence-corrected chi connectivity index (χ3v) is 4.81. The molecule has 0 radical (unpaired) electrons. The number of nitrogens with zero attached hydrogens (tertiary/aromatic N) is 2. The minimum absolute atomic E-state index is 0.164. The standard InChI is InChI=1S/C18H16N2O3Se/c1-11-3-6-13(7-4-11)20-17(23)14(19(2)18(20)24)9-12-5-8-15(21)16(22)10-12/h3-10,21-22H,1-2H3. The number of hydrogen-bond donors (Lipinski definition) is 2. The van der Waals surface area contributed by atoms with Crippen LogP contribution in [0.15, 0.2) is 48.2 Å². The Balaban J connectivity index is 1.99. The second-order valence-electron chi connectivity index (χ2n) is 5.60. The van der Waals surface area contributed by atoms with E-state index in [1.165, 1.54) is 12.1 Å². The average molecular weight is 387 g/mol. The van der Waals surface area contributed by atoms with Gasteiger partial charge in [0.2, 0.25) is 0 Å². The number of hydrogen-bond acceptors (Lipinski definition) is 4.